The fraction of sp³-hybridized carbons (Fsp3) is 1.00. The number of nitrogens with zero attached hydrogens (tertiary/aromatic N) is 1. The Hall–Kier alpha value is -0.0800. The molecule has 0 radical (unpaired) electrons. The number of rotatable bonds is 6. The summed E-state index contributed by atoms with van der Waals surface area (Å²) in [6.45, 7) is 10.4. The molecule has 0 amide bonds. The first-order chi connectivity index (χ1) is 7.32. The van der Waals surface area contributed by atoms with E-state index in [1.165, 1.54) is 25.7 Å². The van der Waals surface area contributed by atoms with Crippen LogP contribution < -0.4 is 0 Å². The Balaban J connectivity index is 2.46. The third-order valence-corrected chi connectivity index (χ3v) is 3.72. The van der Waals surface area contributed by atoms with Crippen molar-refractivity contribution in [3.05, 3.63) is 0 Å². The Kier molecular flexibility index (Phi) is 4.42. The van der Waals surface area contributed by atoms with Gasteiger partial charge in [0.2, 0.25) is 0 Å². The molecule has 0 aromatic heterocycles. The van der Waals surface area contributed by atoms with Crippen LogP contribution >= 0.6 is 0 Å². The summed E-state index contributed by atoms with van der Waals surface area (Å²) in [5.41, 5.74) is 0.610. The van der Waals surface area contributed by atoms with Crippen LogP contribution in [0.3, 0.4) is 0 Å². The summed E-state index contributed by atoms with van der Waals surface area (Å²) in [6, 6.07) is 0.688. The van der Waals surface area contributed by atoms with Crippen LogP contribution in [-0.4, -0.2) is 37.2 Å². The minimum absolute atomic E-state index is 0.194. The van der Waals surface area contributed by atoms with Gasteiger partial charge in [-0.1, -0.05) is 27.7 Å². The second-order valence-corrected chi connectivity index (χ2v) is 6.63. The normalized spacial score (nSPS) is 21.2. The molecule has 0 aliphatic heterocycles. The first-order valence-corrected chi connectivity index (χ1v) is 6.57. The third kappa shape index (κ3) is 4.06. The van der Waals surface area contributed by atoms with Gasteiger partial charge in [-0.2, -0.15) is 0 Å². The van der Waals surface area contributed by atoms with Gasteiger partial charge >= 0.3 is 0 Å². The van der Waals surface area contributed by atoms with Gasteiger partial charge in [-0.25, -0.2) is 0 Å². The number of hydrogen-bond donors (Lipinski definition) is 0. The van der Waals surface area contributed by atoms with E-state index in [4.69, 9.17) is 4.74 Å². The molecular formula is C14H29NO. The molecule has 0 heterocycles. The van der Waals surface area contributed by atoms with Gasteiger partial charge < -0.3 is 9.64 Å². The summed E-state index contributed by atoms with van der Waals surface area (Å²) >= 11 is 0. The van der Waals surface area contributed by atoms with Gasteiger partial charge in [0.15, 0.2) is 0 Å². The van der Waals surface area contributed by atoms with E-state index in [0.717, 1.165) is 6.54 Å². The Morgan fingerprint density at radius 2 is 1.88 bits per heavy atom. The van der Waals surface area contributed by atoms with Crippen LogP contribution in [-0.2, 0) is 4.74 Å². The van der Waals surface area contributed by atoms with Crippen molar-refractivity contribution >= 4 is 0 Å². The molecule has 0 aromatic rings. The SMILES string of the molecule is CCC(CC(C)(C)C)N(C)CC1(OC)CC1. The predicted octanol–water partition coefficient (Wildman–Crippen LogP) is 3.31. The molecule has 1 aliphatic carbocycles. The Labute approximate surface area is 101 Å². The maximum absolute atomic E-state index is 5.60. The van der Waals surface area contributed by atoms with E-state index in [2.05, 4.69) is 39.6 Å². The number of methoxy groups -OCH3 is 1. The molecule has 96 valence electrons. The van der Waals surface area contributed by atoms with E-state index in [1.54, 1.807) is 0 Å². The summed E-state index contributed by atoms with van der Waals surface area (Å²) in [6.07, 6.45) is 4.97. The molecule has 1 rings (SSSR count). The Morgan fingerprint density at radius 1 is 1.31 bits per heavy atom. The second kappa shape index (κ2) is 5.05. The minimum Gasteiger partial charge on any atom is -0.377 e. The van der Waals surface area contributed by atoms with E-state index in [-0.39, 0.29) is 5.60 Å². The van der Waals surface area contributed by atoms with Crippen molar-refractivity contribution in [2.24, 2.45) is 5.41 Å². The van der Waals surface area contributed by atoms with Gasteiger partial charge in [0.1, 0.15) is 0 Å². The molecule has 0 saturated heterocycles. The topological polar surface area (TPSA) is 12.5 Å². The number of ether oxygens (including phenoxy) is 1. The first-order valence-electron chi connectivity index (χ1n) is 6.57. The van der Waals surface area contributed by atoms with Crippen molar-refractivity contribution in [3.63, 3.8) is 0 Å². The highest BCUT2D eigenvalue weighted by Crippen LogP contribution is 2.40. The summed E-state index contributed by atoms with van der Waals surface area (Å²) in [5, 5.41) is 0. The maximum Gasteiger partial charge on any atom is 0.0807 e. The molecule has 1 unspecified atom stereocenters. The number of likely N-dealkylation sites (N-methyl/N-ethyl adjacent to an activating group) is 1. The first kappa shape index (κ1) is 14.0. The number of hydrogen-bond acceptors (Lipinski definition) is 2. The lowest BCUT2D eigenvalue weighted by atomic mass is 9.86. The van der Waals surface area contributed by atoms with Gasteiger partial charge in [-0.05, 0) is 38.1 Å². The quantitative estimate of drug-likeness (QED) is 0.690. The molecular weight excluding hydrogens is 198 g/mol. The molecule has 1 aliphatic rings. The highest BCUT2D eigenvalue weighted by atomic mass is 16.5. The molecule has 16 heavy (non-hydrogen) atoms. The van der Waals surface area contributed by atoms with Crippen molar-refractivity contribution in [3.8, 4) is 0 Å². The Bertz CT molecular complexity index is 215. The smallest absolute Gasteiger partial charge is 0.0807 e. The highest BCUT2D eigenvalue weighted by Gasteiger charge is 2.44. The molecule has 0 spiro atoms. The molecule has 0 bridgehead atoms. The fourth-order valence-electron chi connectivity index (χ4n) is 2.47. The van der Waals surface area contributed by atoms with Crippen LogP contribution in [0.25, 0.3) is 0 Å². The average Bonchev–Trinajstić information content (AvgIpc) is 2.93. The van der Waals surface area contributed by atoms with Crippen LogP contribution in [0.5, 0.6) is 0 Å². The lowest BCUT2D eigenvalue weighted by Crippen LogP contribution is -2.40. The van der Waals surface area contributed by atoms with Crippen LogP contribution in [0.2, 0.25) is 0 Å². The third-order valence-electron chi connectivity index (χ3n) is 3.72. The van der Waals surface area contributed by atoms with Gasteiger partial charge in [0.05, 0.1) is 5.60 Å². The van der Waals surface area contributed by atoms with Crippen molar-refractivity contribution in [2.45, 2.75) is 65.0 Å². The fourth-order valence-corrected chi connectivity index (χ4v) is 2.47. The van der Waals surface area contributed by atoms with Gasteiger partial charge in [-0.3, -0.25) is 0 Å². The second-order valence-electron chi connectivity index (χ2n) is 6.63. The zero-order chi connectivity index (χ0) is 12.4. The average molecular weight is 227 g/mol. The monoisotopic (exact) mass is 227 g/mol. The van der Waals surface area contributed by atoms with Crippen LogP contribution in [0.15, 0.2) is 0 Å². The van der Waals surface area contributed by atoms with Crippen LogP contribution in [0, 0.1) is 5.41 Å². The minimum atomic E-state index is 0.194. The largest absolute Gasteiger partial charge is 0.377 e. The lowest BCUT2D eigenvalue weighted by molar-refractivity contribution is 0.0320. The zero-order valence-electron chi connectivity index (χ0n) is 12.0. The van der Waals surface area contributed by atoms with E-state index >= 15 is 0 Å². The van der Waals surface area contributed by atoms with E-state index in [9.17, 15) is 0 Å². The van der Waals surface area contributed by atoms with Crippen LogP contribution in [0.1, 0.15) is 53.4 Å². The van der Waals surface area contributed by atoms with E-state index in [1.807, 2.05) is 7.11 Å². The van der Waals surface area contributed by atoms with Crippen molar-refractivity contribution in [2.75, 3.05) is 20.7 Å². The van der Waals surface area contributed by atoms with Crippen LogP contribution in [0.4, 0.5) is 0 Å². The molecule has 2 heteroatoms. The predicted molar refractivity (Wildman–Crippen MR) is 69.8 cm³/mol. The molecule has 1 fully saturated rings. The molecule has 0 aromatic carbocycles. The summed E-state index contributed by atoms with van der Waals surface area (Å²) < 4.78 is 5.60. The maximum atomic E-state index is 5.60. The van der Waals surface area contributed by atoms with Gasteiger partial charge in [0.25, 0.3) is 0 Å². The molecule has 1 saturated carbocycles. The summed E-state index contributed by atoms with van der Waals surface area (Å²) in [4.78, 5) is 2.50. The van der Waals surface area contributed by atoms with E-state index in [0.29, 0.717) is 11.5 Å². The summed E-state index contributed by atoms with van der Waals surface area (Å²) in [7, 11) is 4.10. The zero-order valence-corrected chi connectivity index (χ0v) is 12.0. The lowest BCUT2D eigenvalue weighted by Gasteiger charge is -2.34. The molecule has 1 atom stereocenters. The molecule has 0 N–H and O–H groups in total. The summed E-state index contributed by atoms with van der Waals surface area (Å²) in [5.74, 6) is 0. The van der Waals surface area contributed by atoms with Crippen molar-refractivity contribution in [1.29, 1.82) is 0 Å². The van der Waals surface area contributed by atoms with Gasteiger partial charge in [-0.15, -0.1) is 0 Å². The highest BCUT2D eigenvalue weighted by molar-refractivity contribution is 4.98. The van der Waals surface area contributed by atoms with Crippen molar-refractivity contribution < 1.29 is 4.74 Å². The Morgan fingerprint density at radius 3 is 2.19 bits per heavy atom. The standard InChI is InChI=1S/C14H29NO/c1-7-12(10-13(2,3)4)15(5)11-14(16-6)8-9-14/h12H,7-11H2,1-6H3. The van der Waals surface area contributed by atoms with Crippen molar-refractivity contribution in [1.82, 2.24) is 4.90 Å². The van der Waals surface area contributed by atoms with E-state index < -0.39 is 0 Å². The van der Waals surface area contributed by atoms with Gasteiger partial charge in [0, 0.05) is 19.7 Å². The molecule has 2 nitrogen and oxygen atoms in total.